The highest BCUT2D eigenvalue weighted by molar-refractivity contribution is 9.10. The van der Waals surface area contributed by atoms with Crippen LogP contribution in [0.2, 0.25) is 5.02 Å². The van der Waals surface area contributed by atoms with E-state index >= 15 is 0 Å². The number of rotatable bonds is 2. The SMILES string of the molecule is Cl.Clc1ccc2nc(-c3ccc(Br)cc3)cc(-c3ccccc3)c2c1. The van der Waals surface area contributed by atoms with Crippen molar-refractivity contribution >= 4 is 50.8 Å². The maximum absolute atomic E-state index is 6.22. The largest absolute Gasteiger partial charge is 0.248 e. The van der Waals surface area contributed by atoms with Crippen LogP contribution >= 0.6 is 39.9 Å². The molecular weight excluding hydrogens is 417 g/mol. The second kappa shape index (κ2) is 7.57. The highest BCUT2D eigenvalue weighted by Crippen LogP contribution is 2.33. The molecule has 0 amide bonds. The summed E-state index contributed by atoms with van der Waals surface area (Å²) in [6.45, 7) is 0. The average molecular weight is 431 g/mol. The Balaban J connectivity index is 0.00000182. The molecule has 1 nitrogen and oxygen atoms in total. The predicted octanol–water partition coefficient (Wildman–Crippen LogP) is 7.41. The molecule has 0 fully saturated rings. The van der Waals surface area contributed by atoms with Gasteiger partial charge in [-0.2, -0.15) is 0 Å². The third kappa shape index (κ3) is 3.72. The monoisotopic (exact) mass is 429 g/mol. The lowest BCUT2D eigenvalue weighted by Crippen LogP contribution is -1.90. The molecule has 4 heteroatoms. The summed E-state index contributed by atoms with van der Waals surface area (Å²) in [5.41, 5.74) is 5.29. The normalized spacial score (nSPS) is 10.5. The van der Waals surface area contributed by atoms with E-state index < -0.39 is 0 Å². The van der Waals surface area contributed by atoms with Gasteiger partial charge in [0.15, 0.2) is 0 Å². The molecule has 1 aromatic heterocycles. The molecular formula is C21H14BrCl2N. The van der Waals surface area contributed by atoms with Gasteiger partial charge in [-0.3, -0.25) is 0 Å². The topological polar surface area (TPSA) is 12.9 Å². The Kier molecular flexibility index (Phi) is 5.43. The van der Waals surface area contributed by atoms with Crippen LogP contribution in [0, 0.1) is 0 Å². The number of halogens is 3. The van der Waals surface area contributed by atoms with Gasteiger partial charge in [-0.15, -0.1) is 12.4 Å². The first-order valence-corrected chi connectivity index (χ1v) is 8.79. The Morgan fingerprint density at radius 2 is 1.48 bits per heavy atom. The molecule has 0 radical (unpaired) electrons. The molecule has 0 N–H and O–H groups in total. The fourth-order valence-corrected chi connectivity index (χ4v) is 3.26. The summed E-state index contributed by atoms with van der Waals surface area (Å²) in [5, 5.41) is 1.78. The number of fused-ring (bicyclic) bond motifs is 1. The zero-order valence-corrected chi connectivity index (χ0v) is 16.3. The molecule has 25 heavy (non-hydrogen) atoms. The summed E-state index contributed by atoms with van der Waals surface area (Å²) in [6.07, 6.45) is 0. The molecule has 0 atom stereocenters. The Bertz CT molecular complexity index is 1020. The van der Waals surface area contributed by atoms with Crippen molar-refractivity contribution < 1.29 is 0 Å². The lowest BCUT2D eigenvalue weighted by molar-refractivity contribution is 1.39. The van der Waals surface area contributed by atoms with E-state index in [1.54, 1.807) is 0 Å². The lowest BCUT2D eigenvalue weighted by Gasteiger charge is -2.11. The van der Waals surface area contributed by atoms with Crippen molar-refractivity contribution in [2.45, 2.75) is 0 Å². The van der Waals surface area contributed by atoms with Crippen LogP contribution in [0.1, 0.15) is 0 Å². The second-order valence-electron chi connectivity index (χ2n) is 5.59. The third-order valence-corrected chi connectivity index (χ3v) is 4.76. The minimum atomic E-state index is 0. The quantitative estimate of drug-likeness (QED) is 0.322. The van der Waals surface area contributed by atoms with Crippen LogP contribution in [0.5, 0.6) is 0 Å². The smallest absolute Gasteiger partial charge is 0.0716 e. The summed E-state index contributed by atoms with van der Waals surface area (Å²) in [7, 11) is 0. The number of nitrogens with zero attached hydrogens (tertiary/aromatic N) is 1. The molecule has 3 aromatic carbocycles. The van der Waals surface area contributed by atoms with E-state index in [0.29, 0.717) is 0 Å². The second-order valence-corrected chi connectivity index (χ2v) is 6.94. The molecule has 124 valence electrons. The van der Waals surface area contributed by atoms with Crippen LogP contribution in [0.15, 0.2) is 83.3 Å². The molecule has 0 saturated carbocycles. The van der Waals surface area contributed by atoms with Crippen molar-refractivity contribution in [3.63, 3.8) is 0 Å². The van der Waals surface area contributed by atoms with Gasteiger partial charge in [0.25, 0.3) is 0 Å². The van der Waals surface area contributed by atoms with Gasteiger partial charge in [-0.05, 0) is 47.5 Å². The standard InChI is InChI=1S/C21H13BrClN.ClH/c22-16-8-6-15(7-9-16)21-13-18(14-4-2-1-3-5-14)19-12-17(23)10-11-20(19)24-21;/h1-13H;1H. The number of hydrogen-bond acceptors (Lipinski definition) is 1. The van der Waals surface area contributed by atoms with Crippen LogP contribution in [0.4, 0.5) is 0 Å². The van der Waals surface area contributed by atoms with Crippen LogP contribution in [-0.2, 0) is 0 Å². The summed E-state index contributed by atoms with van der Waals surface area (Å²) in [4.78, 5) is 4.83. The van der Waals surface area contributed by atoms with Crippen LogP contribution in [-0.4, -0.2) is 4.98 Å². The maximum atomic E-state index is 6.22. The van der Waals surface area contributed by atoms with Crippen LogP contribution in [0.3, 0.4) is 0 Å². The van der Waals surface area contributed by atoms with Crippen molar-refractivity contribution in [1.82, 2.24) is 4.98 Å². The first kappa shape index (κ1) is 17.9. The van der Waals surface area contributed by atoms with E-state index in [4.69, 9.17) is 16.6 Å². The molecule has 4 aromatic rings. The summed E-state index contributed by atoms with van der Waals surface area (Å²) < 4.78 is 1.06. The van der Waals surface area contributed by atoms with E-state index in [1.165, 1.54) is 0 Å². The van der Waals surface area contributed by atoms with Crippen LogP contribution < -0.4 is 0 Å². The van der Waals surface area contributed by atoms with E-state index in [9.17, 15) is 0 Å². The van der Waals surface area contributed by atoms with Gasteiger partial charge in [0.05, 0.1) is 11.2 Å². The van der Waals surface area contributed by atoms with E-state index in [0.717, 1.165) is 42.8 Å². The maximum Gasteiger partial charge on any atom is 0.0716 e. The Morgan fingerprint density at radius 1 is 0.760 bits per heavy atom. The third-order valence-electron chi connectivity index (χ3n) is 4.00. The van der Waals surface area contributed by atoms with Gasteiger partial charge >= 0.3 is 0 Å². The predicted molar refractivity (Wildman–Crippen MR) is 113 cm³/mol. The number of benzene rings is 3. The summed E-state index contributed by atoms with van der Waals surface area (Å²) >= 11 is 9.70. The van der Waals surface area contributed by atoms with Gasteiger partial charge in [-0.25, -0.2) is 4.98 Å². The molecule has 0 aliphatic carbocycles. The van der Waals surface area contributed by atoms with Crippen LogP contribution in [0.25, 0.3) is 33.3 Å². The number of hydrogen-bond donors (Lipinski definition) is 0. The zero-order chi connectivity index (χ0) is 16.5. The highest BCUT2D eigenvalue weighted by atomic mass is 79.9. The molecule has 0 bridgehead atoms. The Morgan fingerprint density at radius 3 is 2.20 bits per heavy atom. The molecule has 1 heterocycles. The zero-order valence-electron chi connectivity index (χ0n) is 13.1. The van der Waals surface area contributed by atoms with Crippen molar-refractivity contribution in [2.75, 3.05) is 0 Å². The van der Waals surface area contributed by atoms with Gasteiger partial charge < -0.3 is 0 Å². The Hall–Kier alpha value is -1.87. The molecule has 4 rings (SSSR count). The minimum absolute atomic E-state index is 0. The highest BCUT2D eigenvalue weighted by Gasteiger charge is 2.10. The van der Waals surface area contributed by atoms with Crippen molar-refractivity contribution in [3.8, 4) is 22.4 Å². The first-order valence-electron chi connectivity index (χ1n) is 7.62. The minimum Gasteiger partial charge on any atom is -0.248 e. The van der Waals surface area contributed by atoms with E-state index in [-0.39, 0.29) is 12.4 Å². The van der Waals surface area contributed by atoms with Gasteiger partial charge in [0, 0.05) is 20.4 Å². The first-order chi connectivity index (χ1) is 11.7. The van der Waals surface area contributed by atoms with Gasteiger partial charge in [-0.1, -0.05) is 70.0 Å². The van der Waals surface area contributed by atoms with Crippen molar-refractivity contribution in [3.05, 3.63) is 88.4 Å². The fraction of sp³-hybridized carbons (Fsp3) is 0. The molecule has 0 aliphatic rings. The summed E-state index contributed by atoms with van der Waals surface area (Å²) in [6, 6.07) is 26.5. The lowest BCUT2D eigenvalue weighted by atomic mass is 9.98. The van der Waals surface area contributed by atoms with Crippen molar-refractivity contribution in [2.24, 2.45) is 0 Å². The van der Waals surface area contributed by atoms with E-state index in [1.807, 2.05) is 48.5 Å². The van der Waals surface area contributed by atoms with E-state index in [2.05, 4.69) is 46.3 Å². The fourth-order valence-electron chi connectivity index (χ4n) is 2.82. The molecule has 0 aliphatic heterocycles. The van der Waals surface area contributed by atoms with Gasteiger partial charge in [0.2, 0.25) is 0 Å². The summed E-state index contributed by atoms with van der Waals surface area (Å²) in [5.74, 6) is 0. The molecule has 0 unspecified atom stereocenters. The number of aromatic nitrogens is 1. The van der Waals surface area contributed by atoms with Gasteiger partial charge in [0.1, 0.15) is 0 Å². The molecule has 0 saturated heterocycles. The van der Waals surface area contributed by atoms with Crippen molar-refractivity contribution in [1.29, 1.82) is 0 Å². The number of pyridine rings is 1. The molecule has 0 spiro atoms. The Labute approximate surface area is 166 Å². The average Bonchev–Trinajstić information content (AvgIpc) is 2.62.